The van der Waals surface area contributed by atoms with E-state index in [2.05, 4.69) is 10.0 Å². The number of aryl methyl sites for hydroxylation is 2. The number of nitrogens with one attached hydrogen (secondary N) is 2. The third-order valence-electron chi connectivity index (χ3n) is 3.60. The van der Waals surface area contributed by atoms with Crippen LogP contribution in [0.5, 0.6) is 0 Å². The van der Waals surface area contributed by atoms with E-state index in [1.807, 2.05) is 44.2 Å². The summed E-state index contributed by atoms with van der Waals surface area (Å²) in [5.41, 5.74) is 3.34. The topological polar surface area (TPSA) is 58.2 Å². The highest BCUT2D eigenvalue weighted by Crippen LogP contribution is 2.27. The van der Waals surface area contributed by atoms with Crippen LogP contribution in [0.3, 0.4) is 0 Å². The maximum atomic E-state index is 12.3. The van der Waals surface area contributed by atoms with Crippen molar-refractivity contribution in [2.45, 2.75) is 18.1 Å². The molecule has 2 aromatic carbocycles. The van der Waals surface area contributed by atoms with E-state index in [0.29, 0.717) is 14.9 Å². The van der Waals surface area contributed by atoms with Gasteiger partial charge in [-0.05, 0) is 67.9 Å². The Bertz CT molecular complexity index is 996. The van der Waals surface area contributed by atoms with Crippen molar-refractivity contribution in [2.75, 3.05) is 10.0 Å². The minimum Gasteiger partial charge on any atom is -0.355 e. The summed E-state index contributed by atoms with van der Waals surface area (Å²) >= 11 is 7.27. The minimum atomic E-state index is -3.55. The van der Waals surface area contributed by atoms with Crippen LogP contribution in [0.15, 0.2) is 58.8 Å². The normalized spacial score (nSPS) is 11.3. The zero-order valence-electron chi connectivity index (χ0n) is 13.7. The fourth-order valence-corrected chi connectivity index (χ4v) is 4.78. The van der Waals surface area contributed by atoms with Crippen LogP contribution in [-0.4, -0.2) is 8.42 Å². The zero-order chi connectivity index (χ0) is 18.0. The molecule has 2 N–H and O–H groups in total. The molecule has 0 aliphatic carbocycles. The smallest absolute Gasteiger partial charge is 0.271 e. The molecular formula is C18H17ClN2O2S2. The molecule has 0 atom stereocenters. The number of hydrogen-bond donors (Lipinski definition) is 2. The molecule has 0 radical (unpaired) electrons. The van der Waals surface area contributed by atoms with Crippen molar-refractivity contribution in [2.24, 2.45) is 0 Å². The van der Waals surface area contributed by atoms with Crippen LogP contribution in [0.25, 0.3) is 0 Å². The first-order chi connectivity index (χ1) is 11.8. The fourth-order valence-electron chi connectivity index (χ4n) is 2.27. The fraction of sp³-hybridized carbons (Fsp3) is 0.111. The Morgan fingerprint density at radius 1 is 0.920 bits per heavy atom. The van der Waals surface area contributed by atoms with Crippen LogP contribution in [-0.2, 0) is 10.0 Å². The van der Waals surface area contributed by atoms with Crippen LogP contribution in [0.1, 0.15) is 10.4 Å². The first-order valence-electron chi connectivity index (χ1n) is 7.56. The molecule has 0 saturated heterocycles. The SMILES string of the molecule is Cc1ccc(S(=O)(=O)Nc2ccc(Nc3cc(Cl)ccc3C)cc2)s1. The van der Waals surface area contributed by atoms with Crippen molar-refractivity contribution in [1.82, 2.24) is 0 Å². The van der Waals surface area contributed by atoms with Crippen molar-refractivity contribution in [1.29, 1.82) is 0 Å². The lowest BCUT2D eigenvalue weighted by atomic mass is 10.2. The third-order valence-corrected chi connectivity index (χ3v) is 6.71. The summed E-state index contributed by atoms with van der Waals surface area (Å²) in [6, 6.07) is 16.1. The molecule has 3 rings (SSSR count). The number of hydrogen-bond acceptors (Lipinski definition) is 4. The number of sulfonamides is 1. The molecule has 1 heterocycles. The molecule has 3 aromatic rings. The van der Waals surface area contributed by atoms with E-state index in [9.17, 15) is 8.42 Å². The predicted molar refractivity (Wildman–Crippen MR) is 106 cm³/mol. The Labute approximate surface area is 156 Å². The largest absolute Gasteiger partial charge is 0.355 e. The summed E-state index contributed by atoms with van der Waals surface area (Å²) in [5.74, 6) is 0. The van der Waals surface area contributed by atoms with E-state index < -0.39 is 10.0 Å². The number of halogens is 1. The van der Waals surface area contributed by atoms with Crippen LogP contribution in [0, 0.1) is 13.8 Å². The summed E-state index contributed by atoms with van der Waals surface area (Å²) in [6.07, 6.45) is 0. The Morgan fingerprint density at radius 3 is 2.24 bits per heavy atom. The van der Waals surface area contributed by atoms with Gasteiger partial charge in [0.25, 0.3) is 10.0 Å². The number of anilines is 3. The second-order valence-electron chi connectivity index (χ2n) is 5.63. The predicted octanol–water partition coefficient (Wildman–Crippen LogP) is 5.56. The van der Waals surface area contributed by atoms with Crippen molar-refractivity contribution in [3.8, 4) is 0 Å². The van der Waals surface area contributed by atoms with Crippen LogP contribution < -0.4 is 10.0 Å². The molecule has 1 aromatic heterocycles. The lowest BCUT2D eigenvalue weighted by Gasteiger charge is -2.11. The van der Waals surface area contributed by atoms with Crippen molar-refractivity contribution < 1.29 is 8.42 Å². The second-order valence-corrected chi connectivity index (χ2v) is 9.27. The van der Waals surface area contributed by atoms with E-state index in [4.69, 9.17) is 11.6 Å². The molecule has 0 fully saturated rings. The monoisotopic (exact) mass is 392 g/mol. The van der Waals surface area contributed by atoms with Gasteiger partial charge in [0.05, 0.1) is 0 Å². The molecule has 0 aliphatic rings. The molecule has 0 aliphatic heterocycles. The van der Waals surface area contributed by atoms with E-state index in [-0.39, 0.29) is 0 Å². The molecule has 130 valence electrons. The lowest BCUT2D eigenvalue weighted by Crippen LogP contribution is -2.11. The van der Waals surface area contributed by atoms with Gasteiger partial charge in [-0.2, -0.15) is 0 Å². The molecule has 0 saturated carbocycles. The van der Waals surface area contributed by atoms with Crippen molar-refractivity contribution >= 4 is 50.0 Å². The molecule has 0 spiro atoms. The van der Waals surface area contributed by atoms with Gasteiger partial charge < -0.3 is 5.32 Å². The van der Waals surface area contributed by atoms with Gasteiger partial charge in [0.15, 0.2) is 0 Å². The minimum absolute atomic E-state index is 0.307. The summed E-state index contributed by atoms with van der Waals surface area (Å²) < 4.78 is 27.6. The summed E-state index contributed by atoms with van der Waals surface area (Å²) in [7, 11) is -3.55. The standard InChI is InChI=1S/C18H17ClN2O2S2/c1-12-3-5-14(19)11-17(12)20-15-6-8-16(9-7-15)21-25(22,23)18-10-4-13(2)24-18/h3-11,20-21H,1-2H3. The number of rotatable bonds is 5. The van der Waals surface area contributed by atoms with E-state index in [1.165, 1.54) is 11.3 Å². The summed E-state index contributed by atoms with van der Waals surface area (Å²) in [6.45, 7) is 3.87. The Hall–Kier alpha value is -2.02. The van der Waals surface area contributed by atoms with Gasteiger partial charge in [0.2, 0.25) is 0 Å². The lowest BCUT2D eigenvalue weighted by molar-refractivity contribution is 0.603. The van der Waals surface area contributed by atoms with Crippen LogP contribution in [0.4, 0.5) is 17.1 Å². The maximum Gasteiger partial charge on any atom is 0.271 e. The van der Waals surface area contributed by atoms with Crippen LogP contribution in [0.2, 0.25) is 5.02 Å². The summed E-state index contributed by atoms with van der Waals surface area (Å²) in [4.78, 5) is 0.955. The third kappa shape index (κ3) is 4.34. The Balaban J connectivity index is 1.75. The highest BCUT2D eigenvalue weighted by molar-refractivity contribution is 7.94. The molecule has 7 heteroatoms. The zero-order valence-corrected chi connectivity index (χ0v) is 16.1. The molecule has 4 nitrogen and oxygen atoms in total. The van der Waals surface area contributed by atoms with E-state index in [1.54, 1.807) is 24.3 Å². The first-order valence-corrected chi connectivity index (χ1v) is 10.2. The number of thiophene rings is 1. The molecule has 0 unspecified atom stereocenters. The van der Waals surface area contributed by atoms with Crippen molar-refractivity contribution in [3.63, 3.8) is 0 Å². The van der Waals surface area contributed by atoms with Gasteiger partial charge in [-0.1, -0.05) is 17.7 Å². The van der Waals surface area contributed by atoms with E-state index >= 15 is 0 Å². The average molecular weight is 393 g/mol. The van der Waals surface area contributed by atoms with Gasteiger partial charge in [-0.15, -0.1) is 11.3 Å². The molecule has 25 heavy (non-hydrogen) atoms. The molecule has 0 bridgehead atoms. The number of benzene rings is 2. The highest BCUT2D eigenvalue weighted by Gasteiger charge is 2.16. The van der Waals surface area contributed by atoms with Gasteiger partial charge in [0.1, 0.15) is 4.21 Å². The van der Waals surface area contributed by atoms with Gasteiger partial charge in [0, 0.05) is 27.0 Å². The van der Waals surface area contributed by atoms with E-state index in [0.717, 1.165) is 21.8 Å². The highest BCUT2D eigenvalue weighted by atomic mass is 35.5. The quantitative estimate of drug-likeness (QED) is 0.597. The van der Waals surface area contributed by atoms with Gasteiger partial charge >= 0.3 is 0 Å². The van der Waals surface area contributed by atoms with Gasteiger partial charge in [-0.3, -0.25) is 4.72 Å². The molecule has 0 amide bonds. The second kappa shape index (κ2) is 7.07. The average Bonchev–Trinajstić information content (AvgIpc) is 3.00. The van der Waals surface area contributed by atoms with Crippen molar-refractivity contribution in [3.05, 3.63) is 70.1 Å². The Kier molecular flexibility index (Phi) is 5.03. The Morgan fingerprint density at radius 2 is 1.60 bits per heavy atom. The molecular weight excluding hydrogens is 376 g/mol. The maximum absolute atomic E-state index is 12.3. The summed E-state index contributed by atoms with van der Waals surface area (Å²) in [5, 5.41) is 3.93. The first kappa shape index (κ1) is 17.8. The van der Waals surface area contributed by atoms with Gasteiger partial charge in [-0.25, -0.2) is 8.42 Å². The van der Waals surface area contributed by atoms with Crippen LogP contribution >= 0.6 is 22.9 Å².